The van der Waals surface area contributed by atoms with Crippen molar-refractivity contribution in [2.45, 2.75) is 19.4 Å². The molecule has 134 valence electrons. The molecule has 26 heavy (non-hydrogen) atoms. The number of anilines is 1. The molecule has 0 fully saturated rings. The maximum Gasteiger partial charge on any atom is 0.266 e. The number of ether oxygens (including phenoxy) is 1. The van der Waals surface area contributed by atoms with Crippen LogP contribution < -0.4 is 10.1 Å². The van der Waals surface area contributed by atoms with Crippen LogP contribution in [0.1, 0.15) is 17.5 Å². The van der Waals surface area contributed by atoms with Crippen molar-refractivity contribution in [2.24, 2.45) is 0 Å². The first-order chi connectivity index (χ1) is 12.5. The summed E-state index contributed by atoms with van der Waals surface area (Å²) < 4.78 is 6.36. The smallest absolute Gasteiger partial charge is 0.266 e. The second-order valence-electron chi connectivity index (χ2n) is 5.49. The Kier molecular flexibility index (Phi) is 6.24. The van der Waals surface area contributed by atoms with Gasteiger partial charge in [-0.3, -0.25) is 10.1 Å². The average molecular weight is 453 g/mol. The number of carbonyl (C=O) groups excluding carboxylic acids is 1. The molecule has 2 aromatic carbocycles. The van der Waals surface area contributed by atoms with Crippen molar-refractivity contribution in [3.63, 3.8) is 0 Å². The number of benzene rings is 2. The molecule has 1 aromatic heterocycles. The second kappa shape index (κ2) is 8.62. The van der Waals surface area contributed by atoms with Crippen LogP contribution in [0.2, 0.25) is 5.02 Å². The molecule has 1 atom stereocenters. The molecule has 1 amide bonds. The predicted octanol–water partition coefficient (Wildman–Crippen LogP) is 4.95. The van der Waals surface area contributed by atoms with E-state index >= 15 is 0 Å². The van der Waals surface area contributed by atoms with Crippen molar-refractivity contribution in [3.8, 4) is 5.75 Å². The monoisotopic (exact) mass is 451 g/mol. The second-order valence-corrected chi connectivity index (χ2v) is 7.84. The van der Waals surface area contributed by atoms with Gasteiger partial charge in [0.2, 0.25) is 5.13 Å². The van der Waals surface area contributed by atoms with Gasteiger partial charge in [0.05, 0.1) is 4.47 Å². The maximum atomic E-state index is 12.3. The lowest BCUT2D eigenvalue weighted by Crippen LogP contribution is -2.30. The van der Waals surface area contributed by atoms with Gasteiger partial charge < -0.3 is 4.74 Å². The zero-order valence-corrected chi connectivity index (χ0v) is 16.9. The molecule has 1 unspecified atom stereocenters. The Hall–Kier alpha value is -1.96. The minimum Gasteiger partial charge on any atom is -0.480 e. The Morgan fingerprint density at radius 2 is 2.04 bits per heavy atom. The molecule has 3 aromatic rings. The summed E-state index contributed by atoms with van der Waals surface area (Å²) in [6.45, 7) is 1.67. The number of rotatable bonds is 6. The summed E-state index contributed by atoms with van der Waals surface area (Å²) in [6, 6.07) is 15.1. The van der Waals surface area contributed by atoms with E-state index < -0.39 is 6.10 Å². The van der Waals surface area contributed by atoms with E-state index in [1.54, 1.807) is 25.1 Å². The highest BCUT2D eigenvalue weighted by molar-refractivity contribution is 9.10. The minimum atomic E-state index is -0.700. The van der Waals surface area contributed by atoms with Gasteiger partial charge in [-0.1, -0.05) is 53.3 Å². The van der Waals surface area contributed by atoms with E-state index in [1.165, 1.54) is 11.3 Å². The van der Waals surface area contributed by atoms with Gasteiger partial charge in [-0.25, -0.2) is 0 Å². The van der Waals surface area contributed by atoms with Crippen LogP contribution in [-0.2, 0) is 11.2 Å². The molecule has 3 rings (SSSR count). The number of amides is 1. The quantitative estimate of drug-likeness (QED) is 0.575. The average Bonchev–Trinajstić information content (AvgIpc) is 3.05. The van der Waals surface area contributed by atoms with Crippen molar-refractivity contribution in [1.29, 1.82) is 0 Å². The lowest BCUT2D eigenvalue weighted by atomic mass is 10.2. The van der Waals surface area contributed by atoms with E-state index in [-0.39, 0.29) is 5.91 Å². The van der Waals surface area contributed by atoms with Gasteiger partial charge >= 0.3 is 0 Å². The number of carbonyl (C=O) groups is 1. The van der Waals surface area contributed by atoms with Crippen LogP contribution in [0.3, 0.4) is 0 Å². The molecule has 0 saturated carbocycles. The van der Waals surface area contributed by atoms with Gasteiger partial charge in [0.1, 0.15) is 10.8 Å². The van der Waals surface area contributed by atoms with E-state index in [0.717, 1.165) is 10.6 Å². The minimum absolute atomic E-state index is 0.297. The van der Waals surface area contributed by atoms with Crippen LogP contribution in [0, 0.1) is 0 Å². The summed E-state index contributed by atoms with van der Waals surface area (Å²) in [6.07, 6.45) is -0.0213. The fraction of sp³-hybridized carbons (Fsp3) is 0.167. The fourth-order valence-electron chi connectivity index (χ4n) is 2.17. The Balaban J connectivity index is 1.59. The van der Waals surface area contributed by atoms with Gasteiger partial charge in [-0.05, 0) is 46.6 Å². The molecule has 0 spiro atoms. The number of aromatic nitrogens is 2. The summed E-state index contributed by atoms with van der Waals surface area (Å²) in [4.78, 5) is 12.3. The van der Waals surface area contributed by atoms with Gasteiger partial charge in [0, 0.05) is 11.4 Å². The molecule has 8 heteroatoms. The fourth-order valence-corrected chi connectivity index (χ4v) is 3.72. The number of nitrogens with one attached hydrogen (secondary N) is 1. The standard InChI is InChI=1S/C18H15BrClN3O2S/c1-11(25-15-8-7-13(20)10-14(15)19)17(24)21-18-23-22-16(26-18)9-12-5-3-2-4-6-12/h2-8,10-11H,9H2,1H3,(H,21,23,24). The number of nitrogens with zero attached hydrogens (tertiary/aromatic N) is 2. The van der Waals surface area contributed by atoms with Gasteiger partial charge in [0.25, 0.3) is 5.91 Å². The molecule has 1 heterocycles. The normalized spacial score (nSPS) is 11.8. The first-order valence-electron chi connectivity index (χ1n) is 7.80. The number of halogens is 2. The number of hydrogen-bond donors (Lipinski definition) is 1. The SMILES string of the molecule is CC(Oc1ccc(Cl)cc1Br)C(=O)Nc1nnc(Cc2ccccc2)s1. The van der Waals surface area contributed by atoms with Gasteiger partial charge in [-0.15, -0.1) is 10.2 Å². The molecule has 0 saturated heterocycles. The van der Waals surface area contributed by atoms with E-state index in [0.29, 0.717) is 26.8 Å². The van der Waals surface area contributed by atoms with Crippen LogP contribution in [-0.4, -0.2) is 22.2 Å². The maximum absolute atomic E-state index is 12.3. The molecule has 0 aliphatic carbocycles. The van der Waals surface area contributed by atoms with Crippen molar-refractivity contribution in [2.75, 3.05) is 5.32 Å². The van der Waals surface area contributed by atoms with Crippen LogP contribution in [0.4, 0.5) is 5.13 Å². The number of hydrogen-bond acceptors (Lipinski definition) is 5. The third kappa shape index (κ3) is 5.03. The van der Waals surface area contributed by atoms with E-state index in [2.05, 4.69) is 31.4 Å². The van der Waals surface area contributed by atoms with Crippen LogP contribution in [0.5, 0.6) is 5.75 Å². The highest BCUT2D eigenvalue weighted by Gasteiger charge is 2.18. The van der Waals surface area contributed by atoms with Gasteiger partial charge in [-0.2, -0.15) is 0 Å². The summed E-state index contributed by atoms with van der Waals surface area (Å²) in [5.74, 6) is 0.244. The first kappa shape index (κ1) is 18.8. The molecule has 0 aliphatic rings. The van der Waals surface area contributed by atoms with Crippen molar-refractivity contribution in [3.05, 3.63) is 68.6 Å². The van der Waals surface area contributed by atoms with Gasteiger partial charge in [0.15, 0.2) is 6.10 Å². The predicted molar refractivity (Wildman–Crippen MR) is 107 cm³/mol. The summed E-state index contributed by atoms with van der Waals surface area (Å²) in [5.41, 5.74) is 1.14. The summed E-state index contributed by atoms with van der Waals surface area (Å²) >= 11 is 10.6. The van der Waals surface area contributed by atoms with E-state index in [1.807, 2.05) is 30.3 Å². The van der Waals surface area contributed by atoms with Crippen LogP contribution in [0.15, 0.2) is 53.0 Å². The molecule has 0 aliphatic heterocycles. The zero-order valence-electron chi connectivity index (χ0n) is 13.8. The van der Waals surface area contributed by atoms with Crippen molar-refractivity contribution >= 4 is 49.9 Å². The highest BCUT2D eigenvalue weighted by atomic mass is 79.9. The summed E-state index contributed by atoms with van der Waals surface area (Å²) in [5, 5.41) is 12.8. The third-order valence-corrected chi connectivity index (χ3v) is 5.16. The Morgan fingerprint density at radius 3 is 2.77 bits per heavy atom. The Labute approximate surface area is 168 Å². The Bertz CT molecular complexity index is 904. The first-order valence-corrected chi connectivity index (χ1v) is 9.79. The van der Waals surface area contributed by atoms with E-state index in [9.17, 15) is 4.79 Å². The third-order valence-electron chi connectivity index (χ3n) is 3.46. The highest BCUT2D eigenvalue weighted by Crippen LogP contribution is 2.29. The van der Waals surface area contributed by atoms with Crippen molar-refractivity contribution in [1.82, 2.24) is 10.2 Å². The topological polar surface area (TPSA) is 64.1 Å². The lowest BCUT2D eigenvalue weighted by molar-refractivity contribution is -0.122. The van der Waals surface area contributed by atoms with Crippen molar-refractivity contribution < 1.29 is 9.53 Å². The van der Waals surface area contributed by atoms with Crippen LogP contribution in [0.25, 0.3) is 0 Å². The molecular formula is C18H15BrClN3O2S. The zero-order chi connectivity index (χ0) is 18.5. The largest absolute Gasteiger partial charge is 0.480 e. The van der Waals surface area contributed by atoms with Crippen LogP contribution >= 0.6 is 38.9 Å². The Morgan fingerprint density at radius 1 is 1.27 bits per heavy atom. The molecular weight excluding hydrogens is 438 g/mol. The summed E-state index contributed by atoms with van der Waals surface area (Å²) in [7, 11) is 0. The molecule has 0 bridgehead atoms. The van der Waals surface area contributed by atoms with E-state index in [4.69, 9.17) is 16.3 Å². The molecule has 5 nitrogen and oxygen atoms in total. The molecule has 1 N–H and O–H groups in total. The molecule has 0 radical (unpaired) electrons. The lowest BCUT2D eigenvalue weighted by Gasteiger charge is -2.14.